The average Bonchev–Trinajstić information content (AvgIpc) is 3.66. The molecular formula is C30H44N2O4S4Si2. The van der Waals surface area contributed by atoms with Crippen molar-refractivity contribution < 1.29 is 18.9 Å². The van der Waals surface area contributed by atoms with Crippen molar-refractivity contribution in [2.24, 2.45) is 0 Å². The number of benzene rings is 2. The predicted octanol–water partition coefficient (Wildman–Crippen LogP) is 7.04. The molecule has 0 N–H and O–H groups in total. The second-order valence-corrected chi connectivity index (χ2v) is 19.5. The zero-order chi connectivity index (χ0) is 29.9. The molecule has 42 heavy (non-hydrogen) atoms. The maximum Gasteiger partial charge on any atom is 0.134 e. The summed E-state index contributed by atoms with van der Waals surface area (Å²) in [6.45, 7) is 4.61. The Kier molecular flexibility index (Phi) is 14.3. The molecule has 0 radical (unpaired) electrons. The SMILES string of the molecule is CCC([SiH2]C(OC)OC)C(CSSCC(c1nc2ccccc2s1)C(CC)[SiH2]C(OC)OC)c1nc2ccccc2s1. The fourth-order valence-corrected chi connectivity index (χ4v) is 15.5. The van der Waals surface area contributed by atoms with Crippen LogP contribution in [-0.4, -0.2) is 80.8 Å². The summed E-state index contributed by atoms with van der Waals surface area (Å²) in [5.41, 5.74) is 3.29. The molecule has 0 fully saturated rings. The Morgan fingerprint density at radius 3 is 1.36 bits per heavy atom. The molecule has 4 unspecified atom stereocenters. The summed E-state index contributed by atoms with van der Waals surface area (Å²) < 4.78 is 25.3. The first-order chi connectivity index (χ1) is 20.5. The molecule has 0 bridgehead atoms. The number of aromatic nitrogens is 2. The van der Waals surface area contributed by atoms with Crippen LogP contribution >= 0.6 is 44.3 Å². The zero-order valence-corrected chi connectivity index (χ0v) is 31.6. The third-order valence-corrected chi connectivity index (χ3v) is 18.5. The summed E-state index contributed by atoms with van der Waals surface area (Å²) in [5, 5.41) is 2.50. The number of thiazole rings is 2. The molecule has 0 spiro atoms. The van der Waals surface area contributed by atoms with Gasteiger partial charge in [0.2, 0.25) is 0 Å². The van der Waals surface area contributed by atoms with Crippen molar-refractivity contribution >= 4 is 83.7 Å². The first-order valence-electron chi connectivity index (χ1n) is 14.6. The van der Waals surface area contributed by atoms with Gasteiger partial charge in [-0.05, 0) is 35.3 Å². The molecule has 4 atom stereocenters. The molecular weight excluding hydrogens is 637 g/mol. The zero-order valence-electron chi connectivity index (χ0n) is 25.5. The van der Waals surface area contributed by atoms with Crippen molar-refractivity contribution in [1.29, 1.82) is 0 Å². The van der Waals surface area contributed by atoms with E-state index in [-0.39, 0.29) is 11.8 Å². The third kappa shape index (κ3) is 8.89. The molecule has 4 rings (SSSR count). The number of hydrogen-bond donors (Lipinski definition) is 0. The van der Waals surface area contributed by atoms with E-state index in [1.54, 1.807) is 28.4 Å². The summed E-state index contributed by atoms with van der Waals surface area (Å²) in [5.74, 6) is 2.67. The highest BCUT2D eigenvalue weighted by molar-refractivity contribution is 8.76. The van der Waals surface area contributed by atoms with Crippen LogP contribution in [0.4, 0.5) is 0 Å². The van der Waals surface area contributed by atoms with Crippen molar-refractivity contribution in [1.82, 2.24) is 9.97 Å². The van der Waals surface area contributed by atoms with Gasteiger partial charge in [-0.15, -0.1) is 22.7 Å². The summed E-state index contributed by atoms with van der Waals surface area (Å²) in [6.07, 6.45) is 2.21. The number of rotatable bonds is 19. The molecule has 0 amide bonds. The van der Waals surface area contributed by atoms with Gasteiger partial charge in [-0.25, -0.2) is 9.97 Å². The minimum Gasteiger partial charge on any atom is -0.360 e. The Bertz CT molecular complexity index is 1180. The van der Waals surface area contributed by atoms with E-state index in [1.165, 1.54) is 19.4 Å². The lowest BCUT2D eigenvalue weighted by atomic mass is 10.1. The van der Waals surface area contributed by atoms with Gasteiger partial charge in [0.1, 0.15) is 11.8 Å². The van der Waals surface area contributed by atoms with Crippen LogP contribution in [0.1, 0.15) is 48.5 Å². The lowest BCUT2D eigenvalue weighted by Crippen LogP contribution is -2.29. The normalized spacial score (nSPS) is 15.7. The van der Waals surface area contributed by atoms with Crippen LogP contribution in [0, 0.1) is 0 Å². The van der Waals surface area contributed by atoms with Gasteiger partial charge in [-0.2, -0.15) is 0 Å². The van der Waals surface area contributed by atoms with Crippen LogP contribution in [0.3, 0.4) is 0 Å². The fraction of sp³-hybridized carbons (Fsp3) is 0.533. The standard InChI is InChI=1S/C30H44N2O4S4Si2/c1-7-25(41-29(33-3)34-4)19(27-31-21-13-9-11-15-23(21)39-27)17-37-38-18-20(26(8-2)42-30(35-5)36-6)28-32-22-14-10-12-16-24(22)40-28/h9-16,19-20,25-26,29-30H,7-8,17-18,41-42H2,1-6H3. The van der Waals surface area contributed by atoms with E-state index >= 15 is 0 Å². The van der Waals surface area contributed by atoms with Crippen LogP contribution < -0.4 is 0 Å². The number of fused-ring (bicyclic) bond motifs is 2. The summed E-state index contributed by atoms with van der Waals surface area (Å²) >= 11 is 3.70. The van der Waals surface area contributed by atoms with Crippen LogP contribution in [-0.2, 0) is 18.9 Å². The highest BCUT2D eigenvalue weighted by atomic mass is 33.1. The monoisotopic (exact) mass is 680 g/mol. The highest BCUT2D eigenvalue weighted by Gasteiger charge is 2.31. The molecule has 0 aliphatic heterocycles. The third-order valence-electron chi connectivity index (χ3n) is 8.06. The Morgan fingerprint density at radius 1 is 0.643 bits per heavy atom. The molecule has 0 aliphatic carbocycles. The second kappa shape index (κ2) is 17.6. The molecule has 2 aromatic carbocycles. The second-order valence-electron chi connectivity index (χ2n) is 10.4. The van der Waals surface area contributed by atoms with Crippen molar-refractivity contribution in [3.63, 3.8) is 0 Å². The molecule has 0 saturated heterocycles. The van der Waals surface area contributed by atoms with Gasteiger partial charge in [-0.3, -0.25) is 0 Å². The minimum atomic E-state index is -0.660. The fourth-order valence-electron chi connectivity index (χ4n) is 5.46. The molecule has 4 aromatic rings. The van der Waals surface area contributed by atoms with Gasteiger partial charge in [0, 0.05) is 51.8 Å². The predicted molar refractivity (Wildman–Crippen MR) is 190 cm³/mol. The van der Waals surface area contributed by atoms with Crippen LogP contribution in [0.15, 0.2) is 48.5 Å². The van der Waals surface area contributed by atoms with Gasteiger partial charge in [0.05, 0.1) is 49.5 Å². The number of nitrogens with zero attached hydrogens (tertiary/aromatic N) is 2. The molecule has 0 aliphatic rings. The number of para-hydroxylation sites is 2. The largest absolute Gasteiger partial charge is 0.360 e. The van der Waals surface area contributed by atoms with Crippen molar-refractivity contribution in [3.8, 4) is 0 Å². The van der Waals surface area contributed by atoms with E-state index in [0.29, 0.717) is 22.9 Å². The van der Waals surface area contributed by atoms with Crippen LogP contribution in [0.5, 0.6) is 0 Å². The van der Waals surface area contributed by atoms with E-state index in [4.69, 9.17) is 28.9 Å². The highest BCUT2D eigenvalue weighted by Crippen LogP contribution is 2.45. The topological polar surface area (TPSA) is 62.7 Å². The van der Waals surface area contributed by atoms with Gasteiger partial charge in [0.25, 0.3) is 0 Å². The molecule has 6 nitrogen and oxygen atoms in total. The van der Waals surface area contributed by atoms with Crippen LogP contribution in [0.25, 0.3) is 20.4 Å². The summed E-state index contributed by atoms with van der Waals surface area (Å²) in [4.78, 5) is 10.3. The van der Waals surface area contributed by atoms with E-state index in [0.717, 1.165) is 35.4 Å². The number of methoxy groups -OCH3 is 4. The first kappa shape index (κ1) is 34.1. The Hall–Kier alpha value is -0.806. The van der Waals surface area contributed by atoms with E-state index in [1.807, 2.05) is 44.3 Å². The van der Waals surface area contributed by atoms with E-state index in [2.05, 4.69) is 62.4 Å². The molecule has 230 valence electrons. The Balaban J connectivity index is 1.53. The van der Waals surface area contributed by atoms with Crippen molar-refractivity contribution in [2.75, 3.05) is 39.9 Å². The van der Waals surface area contributed by atoms with Gasteiger partial charge < -0.3 is 18.9 Å². The quantitative estimate of drug-likeness (QED) is 0.0453. The molecule has 0 saturated carbocycles. The van der Waals surface area contributed by atoms with Crippen LogP contribution in [0.2, 0.25) is 11.1 Å². The molecule has 12 heteroatoms. The van der Waals surface area contributed by atoms with Gasteiger partial charge >= 0.3 is 0 Å². The van der Waals surface area contributed by atoms with Gasteiger partial charge in [0.15, 0.2) is 0 Å². The summed E-state index contributed by atoms with van der Waals surface area (Å²) in [7, 11) is 9.72. The number of ether oxygens (including phenoxy) is 4. The average molecular weight is 681 g/mol. The summed E-state index contributed by atoms with van der Waals surface area (Å²) in [6, 6.07) is 17.0. The maximum absolute atomic E-state index is 5.68. The smallest absolute Gasteiger partial charge is 0.134 e. The van der Waals surface area contributed by atoms with E-state index < -0.39 is 19.0 Å². The minimum absolute atomic E-state index is 0.0716. The molecule has 2 aromatic heterocycles. The van der Waals surface area contributed by atoms with E-state index in [9.17, 15) is 0 Å². The Morgan fingerprint density at radius 2 is 1.02 bits per heavy atom. The van der Waals surface area contributed by atoms with Crippen molar-refractivity contribution in [3.05, 3.63) is 58.5 Å². The lowest BCUT2D eigenvalue weighted by Gasteiger charge is -2.28. The number of hydrogen-bond acceptors (Lipinski definition) is 10. The Labute approximate surface area is 271 Å². The maximum atomic E-state index is 5.68. The lowest BCUT2D eigenvalue weighted by molar-refractivity contribution is -0.0451. The van der Waals surface area contributed by atoms with Crippen molar-refractivity contribution in [2.45, 2.75) is 61.4 Å². The molecule has 2 heterocycles. The first-order valence-corrected chi connectivity index (χ1v) is 22.0. The van der Waals surface area contributed by atoms with Gasteiger partial charge in [-0.1, -0.05) is 72.5 Å².